The third-order valence-electron chi connectivity index (χ3n) is 5.33. The fourth-order valence-corrected chi connectivity index (χ4v) is 3.78. The molecule has 0 radical (unpaired) electrons. The molecule has 0 spiro atoms. The summed E-state index contributed by atoms with van der Waals surface area (Å²) in [4.78, 5) is 26.6. The van der Waals surface area contributed by atoms with E-state index in [4.69, 9.17) is 4.74 Å². The summed E-state index contributed by atoms with van der Waals surface area (Å²) >= 11 is 0. The molecule has 0 bridgehead atoms. The van der Waals surface area contributed by atoms with E-state index in [1.807, 2.05) is 46.7 Å². The smallest absolute Gasteiger partial charge is 0.341 e. The molecule has 0 saturated carbocycles. The fraction of sp³-hybridized carbons (Fsp3) is 0.391. The fourth-order valence-electron chi connectivity index (χ4n) is 3.78. The molecular weight excluding hydrogens is 384 g/mol. The van der Waals surface area contributed by atoms with Gasteiger partial charge in [0.15, 0.2) is 5.75 Å². The number of rotatable bonds is 9. The number of aliphatic hydroxyl groups is 1. The van der Waals surface area contributed by atoms with Crippen LogP contribution in [0.25, 0.3) is 5.70 Å². The number of aromatic nitrogens is 1. The van der Waals surface area contributed by atoms with Crippen molar-refractivity contribution in [2.75, 3.05) is 26.3 Å². The molecule has 1 unspecified atom stereocenters. The summed E-state index contributed by atoms with van der Waals surface area (Å²) in [6.07, 6.45) is 3.67. The van der Waals surface area contributed by atoms with E-state index in [1.54, 1.807) is 0 Å². The van der Waals surface area contributed by atoms with Gasteiger partial charge in [-0.05, 0) is 18.4 Å². The van der Waals surface area contributed by atoms with E-state index in [1.165, 1.54) is 6.20 Å². The van der Waals surface area contributed by atoms with Crippen molar-refractivity contribution in [2.45, 2.75) is 32.2 Å². The van der Waals surface area contributed by atoms with Crippen LogP contribution in [0, 0.1) is 0 Å². The van der Waals surface area contributed by atoms with Gasteiger partial charge in [0.25, 0.3) is 0 Å². The Morgan fingerprint density at radius 2 is 2.03 bits per heavy atom. The van der Waals surface area contributed by atoms with Crippen LogP contribution in [0.4, 0.5) is 0 Å². The normalized spacial score (nSPS) is 15.7. The first-order chi connectivity index (χ1) is 14.5. The van der Waals surface area contributed by atoms with E-state index in [2.05, 4.69) is 6.58 Å². The molecule has 30 heavy (non-hydrogen) atoms. The highest BCUT2D eigenvalue weighted by Crippen LogP contribution is 2.35. The summed E-state index contributed by atoms with van der Waals surface area (Å²) in [6.45, 7) is 7.31. The minimum atomic E-state index is -1.28. The van der Waals surface area contributed by atoms with Crippen molar-refractivity contribution in [3.8, 4) is 5.75 Å². The Morgan fingerprint density at radius 3 is 2.67 bits per heavy atom. The first-order valence-electron chi connectivity index (χ1n) is 10.2. The van der Waals surface area contributed by atoms with Crippen LogP contribution < -0.4 is 10.2 Å². The highest BCUT2D eigenvalue weighted by Gasteiger charge is 2.32. The van der Waals surface area contributed by atoms with E-state index in [9.17, 15) is 19.8 Å². The second-order valence-corrected chi connectivity index (χ2v) is 7.42. The number of aromatic carboxylic acids is 1. The van der Waals surface area contributed by atoms with Gasteiger partial charge in [0.05, 0.1) is 25.0 Å². The number of unbranched alkanes of at least 4 members (excludes halogenated alkanes) is 1. The number of β-amino-alcohol motifs (C(OH)–C–C–N with tert-alkyl or cyclic N) is 1. The quantitative estimate of drug-likeness (QED) is 0.616. The molecule has 1 aromatic carbocycles. The number of carboxylic acids is 1. The van der Waals surface area contributed by atoms with E-state index in [0.717, 1.165) is 18.4 Å². The molecule has 1 atom stereocenters. The lowest BCUT2D eigenvalue weighted by atomic mass is 10.00. The third-order valence-corrected chi connectivity index (χ3v) is 5.33. The standard InChI is InChI=1S/C23H28N2O5/c1-3-4-12-30-22-20-16(2)24(10-11-26)14-18(13-17-8-6-5-7-9-17)25(20)15-19(21(22)27)23(28)29/h5-9,15,18,26H,2-4,10-14H2,1H3,(H,28,29). The molecule has 7 nitrogen and oxygen atoms in total. The maximum Gasteiger partial charge on any atom is 0.341 e. The largest absolute Gasteiger partial charge is 0.487 e. The van der Waals surface area contributed by atoms with Crippen LogP contribution in [-0.4, -0.2) is 52.0 Å². The lowest BCUT2D eigenvalue weighted by Crippen LogP contribution is -2.41. The highest BCUT2D eigenvalue weighted by atomic mass is 16.5. The van der Waals surface area contributed by atoms with Gasteiger partial charge >= 0.3 is 5.97 Å². The minimum Gasteiger partial charge on any atom is -0.487 e. The van der Waals surface area contributed by atoms with Crippen LogP contribution in [0.1, 0.15) is 47.4 Å². The van der Waals surface area contributed by atoms with Crippen LogP contribution in [-0.2, 0) is 6.42 Å². The summed E-state index contributed by atoms with van der Waals surface area (Å²) in [5.74, 6) is -1.26. The zero-order valence-corrected chi connectivity index (χ0v) is 17.2. The van der Waals surface area contributed by atoms with Crippen LogP contribution >= 0.6 is 0 Å². The molecule has 2 N–H and O–H groups in total. The molecule has 7 heteroatoms. The molecular formula is C23H28N2O5. The summed E-state index contributed by atoms with van der Waals surface area (Å²) in [6, 6.07) is 9.73. The molecule has 0 amide bonds. The number of fused-ring (bicyclic) bond motifs is 1. The summed E-state index contributed by atoms with van der Waals surface area (Å²) < 4.78 is 7.63. The monoisotopic (exact) mass is 412 g/mol. The number of carboxylic acid groups (broad SMARTS) is 1. The molecule has 0 aliphatic carbocycles. The van der Waals surface area contributed by atoms with Crippen molar-refractivity contribution in [3.05, 3.63) is 70.2 Å². The SMILES string of the molecule is C=C1c2c(OCCCC)c(=O)c(C(=O)O)cn2C(Cc2ccccc2)CN1CCO. The predicted octanol–water partition coefficient (Wildman–Crippen LogP) is 2.79. The summed E-state index contributed by atoms with van der Waals surface area (Å²) in [7, 11) is 0. The molecule has 1 aromatic heterocycles. The summed E-state index contributed by atoms with van der Waals surface area (Å²) in [5.41, 5.74) is 1.17. The Morgan fingerprint density at radius 1 is 1.30 bits per heavy atom. The number of carbonyl (C=O) groups is 1. The second kappa shape index (κ2) is 9.63. The zero-order chi connectivity index (χ0) is 21.7. The van der Waals surface area contributed by atoms with Crippen molar-refractivity contribution >= 4 is 11.7 Å². The topological polar surface area (TPSA) is 92.0 Å². The second-order valence-electron chi connectivity index (χ2n) is 7.42. The van der Waals surface area contributed by atoms with Gasteiger partial charge in [-0.2, -0.15) is 0 Å². The van der Waals surface area contributed by atoms with Gasteiger partial charge in [-0.3, -0.25) is 4.79 Å². The molecule has 0 fully saturated rings. The van der Waals surface area contributed by atoms with E-state index in [-0.39, 0.29) is 24.0 Å². The Bertz CT molecular complexity index is 968. The maximum absolute atomic E-state index is 12.9. The minimum absolute atomic E-state index is 0.0223. The number of benzene rings is 1. The van der Waals surface area contributed by atoms with E-state index in [0.29, 0.717) is 37.5 Å². The van der Waals surface area contributed by atoms with Crippen LogP contribution in [0.3, 0.4) is 0 Å². The van der Waals surface area contributed by atoms with E-state index >= 15 is 0 Å². The predicted molar refractivity (Wildman–Crippen MR) is 115 cm³/mol. The highest BCUT2D eigenvalue weighted by molar-refractivity contribution is 5.88. The van der Waals surface area contributed by atoms with Crippen LogP contribution in [0.5, 0.6) is 5.75 Å². The number of hydrogen-bond acceptors (Lipinski definition) is 5. The number of hydrogen-bond donors (Lipinski definition) is 2. The lowest BCUT2D eigenvalue weighted by molar-refractivity contribution is 0.0693. The average molecular weight is 412 g/mol. The molecule has 2 aromatic rings. The third kappa shape index (κ3) is 4.41. The van der Waals surface area contributed by atoms with Gasteiger partial charge < -0.3 is 24.4 Å². The molecule has 1 aliphatic rings. The number of aliphatic hydroxyl groups excluding tert-OH is 1. The van der Waals surface area contributed by atoms with Gasteiger partial charge in [-0.15, -0.1) is 0 Å². The van der Waals surface area contributed by atoms with Crippen molar-refractivity contribution < 1.29 is 19.7 Å². The first-order valence-corrected chi connectivity index (χ1v) is 10.2. The number of pyridine rings is 1. The van der Waals surface area contributed by atoms with Crippen molar-refractivity contribution in [3.63, 3.8) is 0 Å². The Balaban J connectivity index is 2.15. The number of nitrogens with zero attached hydrogens (tertiary/aromatic N) is 2. The maximum atomic E-state index is 12.9. The summed E-state index contributed by atoms with van der Waals surface area (Å²) in [5, 5.41) is 19.1. The molecule has 160 valence electrons. The van der Waals surface area contributed by atoms with Gasteiger partial charge in [0.1, 0.15) is 11.3 Å². The van der Waals surface area contributed by atoms with Crippen LogP contribution in [0.15, 0.2) is 47.9 Å². The average Bonchev–Trinajstić information content (AvgIpc) is 2.73. The van der Waals surface area contributed by atoms with Gasteiger partial charge in [-0.25, -0.2) is 4.79 Å². The van der Waals surface area contributed by atoms with Gasteiger partial charge in [0, 0.05) is 19.3 Å². The van der Waals surface area contributed by atoms with Crippen molar-refractivity contribution in [2.24, 2.45) is 0 Å². The molecule has 3 rings (SSSR count). The van der Waals surface area contributed by atoms with E-state index < -0.39 is 11.4 Å². The molecule has 1 aliphatic heterocycles. The Kier molecular flexibility index (Phi) is 6.95. The number of ether oxygens (including phenoxy) is 1. The molecule has 0 saturated heterocycles. The lowest BCUT2D eigenvalue weighted by Gasteiger charge is -2.39. The van der Waals surface area contributed by atoms with Crippen LogP contribution in [0.2, 0.25) is 0 Å². The molecule has 2 heterocycles. The first kappa shape index (κ1) is 21.6. The Labute approximate surface area is 175 Å². The van der Waals surface area contributed by atoms with Gasteiger partial charge in [-0.1, -0.05) is 50.3 Å². The van der Waals surface area contributed by atoms with Crippen molar-refractivity contribution in [1.29, 1.82) is 0 Å². The Hall–Kier alpha value is -3.06. The zero-order valence-electron chi connectivity index (χ0n) is 17.2. The van der Waals surface area contributed by atoms with Gasteiger partial charge in [0.2, 0.25) is 5.43 Å². The van der Waals surface area contributed by atoms with Crippen molar-refractivity contribution in [1.82, 2.24) is 9.47 Å².